The summed E-state index contributed by atoms with van der Waals surface area (Å²) in [4.78, 5) is 11.7. The van der Waals surface area contributed by atoms with E-state index < -0.39 is 12.1 Å². The molecule has 0 saturated carbocycles. The van der Waals surface area contributed by atoms with Gasteiger partial charge in [0.2, 0.25) is 0 Å². The summed E-state index contributed by atoms with van der Waals surface area (Å²) in [6.07, 6.45) is -0.628. The molecule has 37 heavy (non-hydrogen) atoms. The molecule has 5 aromatic rings. The van der Waals surface area contributed by atoms with Crippen molar-refractivity contribution < 1.29 is 19.4 Å². The molecule has 0 amide bonds. The van der Waals surface area contributed by atoms with Crippen molar-refractivity contribution in [2.24, 2.45) is 0 Å². The highest BCUT2D eigenvalue weighted by atomic mass is 79.9. The summed E-state index contributed by atoms with van der Waals surface area (Å²) >= 11 is 7.18. The molecule has 1 N–H and O–H groups in total. The molecule has 4 aromatic carbocycles. The highest BCUT2D eigenvalue weighted by Gasteiger charge is 2.19. The first-order valence-corrected chi connectivity index (χ1v) is 13.5. The molecule has 0 saturated heterocycles. The van der Waals surface area contributed by atoms with E-state index in [1.165, 1.54) is 10.8 Å². The van der Waals surface area contributed by atoms with E-state index in [4.69, 9.17) is 9.47 Å². The molecule has 5 nitrogen and oxygen atoms in total. The van der Waals surface area contributed by atoms with Crippen molar-refractivity contribution in [3.05, 3.63) is 111 Å². The number of aliphatic carboxylic acids is 1. The van der Waals surface area contributed by atoms with Crippen LogP contribution in [-0.2, 0) is 29.1 Å². The number of rotatable bonds is 10. The largest absolute Gasteiger partial charge is 0.492 e. The second-order valence-electron chi connectivity index (χ2n) is 8.79. The lowest BCUT2D eigenvalue weighted by Crippen LogP contribution is -2.26. The fourth-order valence-corrected chi connectivity index (χ4v) is 5.19. The van der Waals surface area contributed by atoms with E-state index in [0.717, 1.165) is 36.9 Å². The second kappa shape index (κ2) is 11.5. The van der Waals surface area contributed by atoms with Crippen molar-refractivity contribution >= 4 is 59.6 Å². The van der Waals surface area contributed by atoms with Crippen LogP contribution in [0.4, 0.5) is 0 Å². The second-order valence-corrected chi connectivity index (χ2v) is 10.6. The molecular formula is C30H25Br2NO4. The Labute approximate surface area is 231 Å². The van der Waals surface area contributed by atoms with Crippen LogP contribution in [0.1, 0.15) is 11.1 Å². The highest BCUT2D eigenvalue weighted by Crippen LogP contribution is 2.33. The van der Waals surface area contributed by atoms with Crippen molar-refractivity contribution in [3.63, 3.8) is 0 Å². The van der Waals surface area contributed by atoms with Crippen LogP contribution < -0.4 is 4.74 Å². The molecule has 0 aliphatic carbocycles. The number of ether oxygens (including phenoxy) is 2. The molecule has 1 aromatic heterocycles. The maximum absolute atomic E-state index is 11.7. The van der Waals surface area contributed by atoms with E-state index in [-0.39, 0.29) is 13.0 Å². The van der Waals surface area contributed by atoms with Crippen LogP contribution in [0.5, 0.6) is 5.75 Å². The van der Waals surface area contributed by atoms with Gasteiger partial charge in [0, 0.05) is 37.2 Å². The summed E-state index contributed by atoms with van der Waals surface area (Å²) in [5.41, 5.74) is 4.14. The molecule has 1 atom stereocenters. The Balaban J connectivity index is 1.22. The Morgan fingerprint density at radius 3 is 2.03 bits per heavy atom. The molecule has 188 valence electrons. The van der Waals surface area contributed by atoms with Crippen molar-refractivity contribution in [3.8, 4) is 5.75 Å². The number of nitrogens with zero attached hydrogens (tertiary/aromatic N) is 1. The van der Waals surface area contributed by atoms with Crippen molar-refractivity contribution in [2.75, 3.05) is 6.61 Å². The van der Waals surface area contributed by atoms with Gasteiger partial charge in [0.05, 0.1) is 13.2 Å². The maximum Gasteiger partial charge on any atom is 0.333 e. The molecule has 1 unspecified atom stereocenters. The molecule has 0 fully saturated rings. The fraction of sp³-hybridized carbons (Fsp3) is 0.167. The first-order chi connectivity index (χ1) is 18.0. The van der Waals surface area contributed by atoms with Crippen LogP contribution in [0.25, 0.3) is 21.8 Å². The molecule has 0 bridgehead atoms. The normalized spacial score (nSPS) is 12.2. The summed E-state index contributed by atoms with van der Waals surface area (Å²) < 4.78 is 16.1. The summed E-state index contributed by atoms with van der Waals surface area (Å²) in [6, 6.07) is 29.8. The average molecular weight is 623 g/mol. The van der Waals surface area contributed by atoms with Gasteiger partial charge in [-0.25, -0.2) is 4.79 Å². The van der Waals surface area contributed by atoms with Gasteiger partial charge in [0.25, 0.3) is 0 Å². The van der Waals surface area contributed by atoms with E-state index in [9.17, 15) is 9.90 Å². The van der Waals surface area contributed by atoms with Crippen LogP contribution in [0, 0.1) is 0 Å². The van der Waals surface area contributed by atoms with Gasteiger partial charge in [-0.15, -0.1) is 0 Å². The van der Waals surface area contributed by atoms with E-state index in [2.05, 4.69) is 72.8 Å². The van der Waals surface area contributed by atoms with Gasteiger partial charge in [-0.05, 0) is 59.7 Å². The number of hydrogen-bond acceptors (Lipinski definition) is 3. The van der Waals surface area contributed by atoms with E-state index in [1.54, 1.807) is 0 Å². The third-order valence-electron chi connectivity index (χ3n) is 6.29. The van der Waals surface area contributed by atoms with Gasteiger partial charge < -0.3 is 19.1 Å². The van der Waals surface area contributed by atoms with E-state index in [1.807, 2.05) is 54.6 Å². The Bertz CT molecular complexity index is 1470. The molecule has 5 rings (SSSR count). The van der Waals surface area contributed by atoms with Crippen molar-refractivity contribution in [1.29, 1.82) is 0 Å². The number of carboxylic acid groups (broad SMARTS) is 1. The summed E-state index contributed by atoms with van der Waals surface area (Å²) in [5.74, 6) is -0.228. The number of fused-ring (bicyclic) bond motifs is 3. The van der Waals surface area contributed by atoms with Crippen molar-refractivity contribution in [2.45, 2.75) is 25.7 Å². The van der Waals surface area contributed by atoms with Crippen molar-refractivity contribution in [1.82, 2.24) is 4.57 Å². The predicted octanol–water partition coefficient (Wildman–Crippen LogP) is 7.61. The first kappa shape index (κ1) is 25.5. The molecule has 0 radical (unpaired) electrons. The minimum absolute atomic E-state index is 0.260. The van der Waals surface area contributed by atoms with Crippen LogP contribution >= 0.6 is 31.9 Å². The summed E-state index contributed by atoms with van der Waals surface area (Å²) in [5, 5.41) is 12.0. The summed E-state index contributed by atoms with van der Waals surface area (Å²) in [6.45, 7) is 1.46. The third-order valence-corrected chi connectivity index (χ3v) is 7.27. The SMILES string of the molecule is O=C(O)C(Cc1ccc(OCCn2c3ccc(Br)cc3c3cc(Br)ccc32)cc1)OCc1ccccc1. The van der Waals surface area contributed by atoms with Gasteiger partial charge in [-0.3, -0.25) is 0 Å². The van der Waals surface area contributed by atoms with Crippen LogP contribution in [0.3, 0.4) is 0 Å². The van der Waals surface area contributed by atoms with Gasteiger partial charge in [-0.2, -0.15) is 0 Å². The summed E-state index contributed by atoms with van der Waals surface area (Å²) in [7, 11) is 0. The lowest BCUT2D eigenvalue weighted by atomic mass is 10.1. The zero-order chi connectivity index (χ0) is 25.8. The minimum Gasteiger partial charge on any atom is -0.492 e. The number of carboxylic acids is 1. The van der Waals surface area contributed by atoms with Crippen LogP contribution in [0.2, 0.25) is 0 Å². The maximum atomic E-state index is 11.7. The zero-order valence-corrected chi connectivity index (χ0v) is 23.1. The Kier molecular flexibility index (Phi) is 7.93. The number of benzene rings is 4. The number of hydrogen-bond donors (Lipinski definition) is 1. The van der Waals surface area contributed by atoms with Crippen LogP contribution in [0.15, 0.2) is 99.9 Å². The highest BCUT2D eigenvalue weighted by molar-refractivity contribution is 9.10. The third kappa shape index (κ3) is 6.06. The zero-order valence-electron chi connectivity index (χ0n) is 19.9. The lowest BCUT2D eigenvalue weighted by molar-refractivity contribution is -0.151. The molecule has 0 aliphatic heterocycles. The Morgan fingerprint density at radius 2 is 1.43 bits per heavy atom. The quantitative estimate of drug-likeness (QED) is 0.174. The van der Waals surface area contributed by atoms with Gasteiger partial charge in [-0.1, -0.05) is 74.3 Å². The standard InChI is InChI=1S/C30H25Br2NO4/c31-22-8-12-27-25(17-22)26-18-23(32)9-13-28(26)33(27)14-15-36-24-10-6-20(7-11-24)16-29(30(34)35)37-19-21-4-2-1-3-5-21/h1-13,17-18,29H,14-16,19H2,(H,34,35). The predicted molar refractivity (Wildman–Crippen MR) is 153 cm³/mol. The smallest absolute Gasteiger partial charge is 0.333 e. The first-order valence-electron chi connectivity index (χ1n) is 11.9. The number of carbonyl (C=O) groups is 1. The van der Waals surface area contributed by atoms with Crippen LogP contribution in [-0.4, -0.2) is 28.4 Å². The minimum atomic E-state index is -0.971. The molecule has 1 heterocycles. The van der Waals surface area contributed by atoms with E-state index in [0.29, 0.717) is 13.2 Å². The topological polar surface area (TPSA) is 60.7 Å². The molecule has 7 heteroatoms. The average Bonchev–Trinajstić information content (AvgIpc) is 3.19. The fourth-order valence-electron chi connectivity index (χ4n) is 4.47. The van der Waals surface area contributed by atoms with Gasteiger partial charge in [0.1, 0.15) is 12.4 Å². The van der Waals surface area contributed by atoms with Gasteiger partial charge in [0.15, 0.2) is 6.10 Å². The number of halogens is 2. The Morgan fingerprint density at radius 1 is 0.811 bits per heavy atom. The monoisotopic (exact) mass is 621 g/mol. The molecule has 0 aliphatic rings. The van der Waals surface area contributed by atoms with Gasteiger partial charge >= 0.3 is 5.97 Å². The molecular weight excluding hydrogens is 598 g/mol. The Hall–Kier alpha value is -3.13. The molecule has 0 spiro atoms. The lowest BCUT2D eigenvalue weighted by Gasteiger charge is -2.14. The number of aromatic nitrogens is 1. The van der Waals surface area contributed by atoms with E-state index >= 15 is 0 Å².